The smallest absolute Gasteiger partial charge is 0.164 e. The van der Waals surface area contributed by atoms with Crippen LogP contribution in [0.4, 0.5) is 0 Å². The van der Waals surface area contributed by atoms with E-state index >= 15 is 0 Å². The molecule has 0 atom stereocenters. The predicted octanol–water partition coefficient (Wildman–Crippen LogP) is 16.8. The van der Waals surface area contributed by atoms with E-state index in [4.69, 9.17) is 23.8 Å². The van der Waals surface area contributed by atoms with Crippen LogP contribution in [0.5, 0.6) is 0 Å². The van der Waals surface area contributed by atoms with Gasteiger partial charge in [-0.2, -0.15) is 0 Å². The van der Waals surface area contributed by atoms with Gasteiger partial charge in [0.25, 0.3) is 0 Å². The average molecular weight is 896 g/mol. The molecule has 2 aliphatic carbocycles. The Balaban J connectivity index is 0.955. The highest BCUT2D eigenvalue weighted by Crippen LogP contribution is 2.63. The number of hydrogen-bond donors (Lipinski definition) is 0. The summed E-state index contributed by atoms with van der Waals surface area (Å²) in [5, 5.41) is 3.98. The largest absolute Gasteiger partial charge is 0.456 e. The highest BCUT2D eigenvalue weighted by atomic mass is 16.3. The van der Waals surface area contributed by atoms with Gasteiger partial charge in [0, 0.05) is 38.2 Å². The maximum Gasteiger partial charge on any atom is 0.164 e. The fraction of sp³-hybridized carbons (Fsp3) is 0.0308. The van der Waals surface area contributed by atoms with E-state index < -0.39 is 5.41 Å². The first-order valence-corrected chi connectivity index (χ1v) is 23.7. The van der Waals surface area contributed by atoms with Gasteiger partial charge in [0.05, 0.1) is 5.41 Å². The number of fused-ring (bicyclic) bond motifs is 16. The number of nitrogens with zero attached hydrogens (tertiary/aromatic N) is 3. The molecule has 0 radical (unpaired) electrons. The summed E-state index contributed by atoms with van der Waals surface area (Å²) < 4.78 is 12.9. The van der Waals surface area contributed by atoms with Gasteiger partial charge >= 0.3 is 0 Å². The summed E-state index contributed by atoms with van der Waals surface area (Å²) in [5.74, 6) is 1.68. The van der Waals surface area contributed by atoms with Gasteiger partial charge in [-0.15, -0.1) is 0 Å². The lowest BCUT2D eigenvalue weighted by atomic mass is 9.70. The van der Waals surface area contributed by atoms with E-state index in [9.17, 15) is 0 Å². The van der Waals surface area contributed by atoms with Crippen LogP contribution in [0.3, 0.4) is 0 Å². The van der Waals surface area contributed by atoms with Crippen LogP contribution in [0.15, 0.2) is 234 Å². The van der Waals surface area contributed by atoms with E-state index in [0.717, 1.165) is 82.8 Å². The Morgan fingerprint density at radius 3 is 1.69 bits per heavy atom. The number of allylic oxidation sites excluding steroid dienone is 5. The Morgan fingerprint density at radius 2 is 0.957 bits per heavy atom. The lowest BCUT2D eigenvalue weighted by Gasteiger charge is -2.30. The second kappa shape index (κ2) is 15.4. The SMILES string of the molecule is C=C/C=C\C(=C/C)c1cccc(-c2nc(-c3ccc4oc5ccccc5c4c3)nc(-c3cccc4oc5ccc(-c6ccc7c(c6)C6(c8ccccc8-c8ccccc86)c6ccccc6-7)cc5c34)n2)c1. The molecule has 5 heteroatoms. The Bertz CT molecular complexity index is 4180. The predicted molar refractivity (Wildman–Crippen MR) is 285 cm³/mol. The van der Waals surface area contributed by atoms with Crippen LogP contribution in [0.1, 0.15) is 34.7 Å². The summed E-state index contributed by atoms with van der Waals surface area (Å²) in [7, 11) is 0. The standard InChI is InChI=1S/C65H41N3O2/c1-3-5-16-39(4-2)40-17-14-18-43(35-40)62-66-63(44-31-34-58-51(37-44)49-22-9-13-27-57(49)69-58)68-64(67-62)50-23-15-28-60-61(50)52-36-41(30-33-59(52)70-60)42-29-32-48-47-21-8-12-26-55(47)65(56(48)38-42)53-24-10-6-19-45(53)46-20-7-11-25-54(46)65/h3-38H,1H2,2H3/b16-5-,39-4+. The first-order valence-electron chi connectivity index (χ1n) is 23.7. The first kappa shape index (κ1) is 39.9. The molecule has 0 aliphatic heterocycles. The third-order valence-corrected chi connectivity index (χ3v) is 14.5. The van der Waals surface area contributed by atoms with Crippen LogP contribution >= 0.6 is 0 Å². The van der Waals surface area contributed by atoms with Gasteiger partial charge in [-0.25, -0.2) is 15.0 Å². The van der Waals surface area contributed by atoms with Crippen molar-refractivity contribution in [2.45, 2.75) is 12.3 Å². The van der Waals surface area contributed by atoms with Gasteiger partial charge < -0.3 is 8.83 Å². The third kappa shape index (κ3) is 5.82. The highest BCUT2D eigenvalue weighted by molar-refractivity contribution is 6.13. The summed E-state index contributed by atoms with van der Waals surface area (Å²) in [6, 6.07) is 69.2. The first-order chi connectivity index (χ1) is 34.6. The summed E-state index contributed by atoms with van der Waals surface area (Å²) in [6.45, 7) is 5.93. The van der Waals surface area contributed by atoms with Crippen LogP contribution < -0.4 is 0 Å². The molecule has 1 spiro atoms. The topological polar surface area (TPSA) is 65.0 Å². The van der Waals surface area contributed by atoms with Crippen molar-refractivity contribution in [3.63, 3.8) is 0 Å². The van der Waals surface area contributed by atoms with Gasteiger partial charge in [-0.05, 0) is 128 Å². The van der Waals surface area contributed by atoms with Crippen LogP contribution in [0.25, 0.3) is 117 Å². The minimum absolute atomic E-state index is 0.436. The maximum absolute atomic E-state index is 6.67. The Kier molecular flexibility index (Phi) is 8.80. The minimum Gasteiger partial charge on any atom is -0.456 e. The van der Waals surface area contributed by atoms with Crippen molar-refractivity contribution in [1.29, 1.82) is 0 Å². The fourth-order valence-corrected chi connectivity index (χ4v) is 11.5. The van der Waals surface area contributed by atoms with Gasteiger partial charge in [0.1, 0.15) is 22.3 Å². The molecule has 0 saturated carbocycles. The minimum atomic E-state index is -0.436. The molecule has 70 heavy (non-hydrogen) atoms. The van der Waals surface area contributed by atoms with Crippen molar-refractivity contribution in [2.24, 2.45) is 0 Å². The lowest BCUT2D eigenvalue weighted by molar-refractivity contribution is 0.668. The van der Waals surface area contributed by atoms with Crippen LogP contribution in [0, 0.1) is 0 Å². The number of hydrogen-bond acceptors (Lipinski definition) is 5. The monoisotopic (exact) mass is 895 g/mol. The van der Waals surface area contributed by atoms with E-state index in [1.54, 1.807) is 6.08 Å². The van der Waals surface area contributed by atoms with E-state index in [-0.39, 0.29) is 0 Å². The van der Waals surface area contributed by atoms with Crippen LogP contribution in [-0.2, 0) is 5.41 Å². The molecule has 0 bridgehead atoms. The molecule has 3 aromatic heterocycles. The van der Waals surface area contributed by atoms with Gasteiger partial charge in [0.15, 0.2) is 17.5 Å². The Morgan fingerprint density at radius 1 is 0.429 bits per heavy atom. The summed E-state index contributed by atoms with van der Waals surface area (Å²) in [4.78, 5) is 15.8. The summed E-state index contributed by atoms with van der Waals surface area (Å²) in [5.41, 5.74) is 20.1. The van der Waals surface area contributed by atoms with Crippen molar-refractivity contribution < 1.29 is 8.83 Å². The fourth-order valence-electron chi connectivity index (χ4n) is 11.5. The van der Waals surface area contributed by atoms with E-state index in [0.29, 0.717) is 17.5 Å². The zero-order valence-corrected chi connectivity index (χ0v) is 38.1. The second-order valence-electron chi connectivity index (χ2n) is 18.2. The molecule has 0 saturated heterocycles. The molecule has 0 N–H and O–H groups in total. The molecular weight excluding hydrogens is 855 g/mol. The third-order valence-electron chi connectivity index (χ3n) is 14.5. The van der Waals surface area contributed by atoms with Crippen LogP contribution in [0.2, 0.25) is 0 Å². The van der Waals surface area contributed by atoms with E-state index in [2.05, 4.69) is 170 Å². The molecule has 0 amide bonds. The van der Waals surface area contributed by atoms with Crippen molar-refractivity contribution in [3.05, 3.63) is 253 Å². The zero-order valence-electron chi connectivity index (χ0n) is 38.1. The van der Waals surface area contributed by atoms with Gasteiger partial charge in [-0.3, -0.25) is 0 Å². The molecule has 3 heterocycles. The highest BCUT2D eigenvalue weighted by Gasteiger charge is 2.51. The number of para-hydroxylation sites is 1. The van der Waals surface area contributed by atoms with Crippen molar-refractivity contribution in [1.82, 2.24) is 15.0 Å². The van der Waals surface area contributed by atoms with Crippen molar-refractivity contribution >= 4 is 49.5 Å². The average Bonchev–Trinajstić information content (AvgIpc) is 4.16. The zero-order chi connectivity index (χ0) is 46.5. The molecule has 9 aromatic carbocycles. The second-order valence-corrected chi connectivity index (χ2v) is 18.2. The number of aromatic nitrogens is 3. The van der Waals surface area contributed by atoms with Crippen LogP contribution in [-0.4, -0.2) is 15.0 Å². The van der Waals surface area contributed by atoms with Crippen molar-refractivity contribution in [3.8, 4) is 67.5 Å². The molecule has 0 fully saturated rings. The number of benzene rings is 9. The Hall–Kier alpha value is -9.19. The molecule has 14 rings (SSSR count). The molecule has 5 nitrogen and oxygen atoms in total. The molecule has 328 valence electrons. The molecule has 12 aromatic rings. The van der Waals surface area contributed by atoms with Gasteiger partial charge in [-0.1, -0.05) is 170 Å². The van der Waals surface area contributed by atoms with Crippen molar-refractivity contribution in [2.75, 3.05) is 0 Å². The normalized spacial score (nSPS) is 13.4. The maximum atomic E-state index is 6.67. The summed E-state index contributed by atoms with van der Waals surface area (Å²) >= 11 is 0. The van der Waals surface area contributed by atoms with Gasteiger partial charge in [0.2, 0.25) is 0 Å². The quantitative estimate of drug-likeness (QED) is 0.149. The van der Waals surface area contributed by atoms with E-state index in [1.165, 1.54) is 44.5 Å². The Labute approximate surface area is 404 Å². The molecule has 2 aliphatic rings. The molecular formula is C65H41N3O2. The summed E-state index contributed by atoms with van der Waals surface area (Å²) in [6.07, 6.45) is 7.90. The molecule has 0 unspecified atom stereocenters. The number of rotatable bonds is 7. The lowest BCUT2D eigenvalue weighted by Crippen LogP contribution is -2.25. The van der Waals surface area contributed by atoms with E-state index in [1.807, 2.05) is 55.5 Å². The number of furan rings is 2.